The lowest BCUT2D eigenvalue weighted by Crippen LogP contribution is -2.17. The molecule has 37 heavy (non-hydrogen) atoms. The van der Waals surface area contributed by atoms with Gasteiger partial charge in [0.05, 0.1) is 17.4 Å². The minimum absolute atomic E-state index is 0.00438. The Labute approximate surface area is 218 Å². The zero-order valence-electron chi connectivity index (χ0n) is 21.3. The number of benzene rings is 3. The maximum absolute atomic E-state index is 14.0. The number of aliphatic hydroxyl groups excluding tert-OH is 1. The Balaban J connectivity index is 2.00. The molecule has 4 rings (SSSR count). The molecule has 0 aliphatic rings. The number of para-hydroxylation sites is 1. The first-order valence-electron chi connectivity index (χ1n) is 12.6. The molecule has 1 atom stereocenters. The molecule has 1 heterocycles. The molecule has 3 aromatic carbocycles. The van der Waals surface area contributed by atoms with Crippen LogP contribution >= 0.6 is 0 Å². The van der Waals surface area contributed by atoms with Gasteiger partial charge in [0.1, 0.15) is 5.82 Å². The SMILES string of the molecule is C=CCC(O)CCn1c(-c2ccc(F)cc2)c(-c2ccccc2)c(C(=O)Nc2ccccc2)c1C(C)C. The van der Waals surface area contributed by atoms with Crippen LogP contribution in [0.25, 0.3) is 22.4 Å². The molecule has 1 aromatic heterocycles. The van der Waals surface area contributed by atoms with Crippen molar-refractivity contribution in [3.63, 3.8) is 0 Å². The van der Waals surface area contributed by atoms with E-state index in [-0.39, 0.29) is 17.6 Å². The van der Waals surface area contributed by atoms with Crippen LogP contribution in [0, 0.1) is 5.82 Å². The van der Waals surface area contributed by atoms with E-state index in [2.05, 4.69) is 30.3 Å². The molecule has 190 valence electrons. The lowest BCUT2D eigenvalue weighted by molar-refractivity contribution is 0.102. The highest BCUT2D eigenvalue weighted by atomic mass is 19.1. The van der Waals surface area contributed by atoms with Gasteiger partial charge in [0, 0.05) is 23.5 Å². The van der Waals surface area contributed by atoms with Crippen molar-refractivity contribution < 1.29 is 14.3 Å². The Morgan fingerprint density at radius 1 is 0.973 bits per heavy atom. The number of rotatable bonds is 10. The monoisotopic (exact) mass is 496 g/mol. The third-order valence-corrected chi connectivity index (χ3v) is 6.41. The van der Waals surface area contributed by atoms with Crippen molar-refractivity contribution in [3.05, 3.63) is 115 Å². The van der Waals surface area contributed by atoms with Crippen molar-refractivity contribution in [1.82, 2.24) is 4.57 Å². The summed E-state index contributed by atoms with van der Waals surface area (Å²) in [6.45, 7) is 8.36. The van der Waals surface area contributed by atoms with Gasteiger partial charge >= 0.3 is 0 Å². The van der Waals surface area contributed by atoms with Crippen LogP contribution < -0.4 is 5.32 Å². The first-order valence-corrected chi connectivity index (χ1v) is 12.6. The molecule has 0 bridgehead atoms. The number of nitrogens with zero attached hydrogens (tertiary/aromatic N) is 1. The largest absolute Gasteiger partial charge is 0.393 e. The van der Waals surface area contributed by atoms with Gasteiger partial charge in [-0.3, -0.25) is 4.79 Å². The molecule has 1 unspecified atom stereocenters. The van der Waals surface area contributed by atoms with Gasteiger partial charge in [0.2, 0.25) is 0 Å². The molecule has 0 saturated heterocycles. The number of hydrogen-bond acceptors (Lipinski definition) is 2. The quantitative estimate of drug-likeness (QED) is 0.221. The molecule has 4 aromatic rings. The highest BCUT2D eigenvalue weighted by molar-refractivity contribution is 6.12. The number of nitrogens with one attached hydrogen (secondary N) is 1. The van der Waals surface area contributed by atoms with Gasteiger partial charge in [-0.15, -0.1) is 6.58 Å². The number of aromatic nitrogens is 1. The number of hydrogen-bond donors (Lipinski definition) is 2. The molecule has 1 amide bonds. The maximum atomic E-state index is 14.0. The second-order valence-corrected chi connectivity index (χ2v) is 9.45. The minimum Gasteiger partial charge on any atom is -0.393 e. The summed E-state index contributed by atoms with van der Waals surface area (Å²) in [7, 11) is 0. The summed E-state index contributed by atoms with van der Waals surface area (Å²) in [5, 5.41) is 13.6. The number of aliphatic hydroxyl groups is 1. The van der Waals surface area contributed by atoms with Gasteiger partial charge in [-0.25, -0.2) is 4.39 Å². The van der Waals surface area contributed by atoms with Gasteiger partial charge in [-0.1, -0.05) is 68.5 Å². The molecule has 4 nitrogen and oxygen atoms in total. The lowest BCUT2D eigenvalue weighted by atomic mass is 9.94. The van der Waals surface area contributed by atoms with Crippen LogP contribution in [0.15, 0.2) is 97.6 Å². The van der Waals surface area contributed by atoms with Crippen molar-refractivity contribution in [2.45, 2.75) is 45.3 Å². The number of halogens is 1. The second kappa shape index (κ2) is 11.8. The fourth-order valence-corrected chi connectivity index (χ4v) is 4.80. The summed E-state index contributed by atoms with van der Waals surface area (Å²) in [4.78, 5) is 14.0. The van der Waals surface area contributed by atoms with Crippen LogP contribution in [0.4, 0.5) is 10.1 Å². The van der Waals surface area contributed by atoms with Crippen LogP contribution in [0.5, 0.6) is 0 Å². The summed E-state index contributed by atoms with van der Waals surface area (Å²) in [6.07, 6.45) is 2.13. The van der Waals surface area contributed by atoms with Gasteiger partial charge in [0.15, 0.2) is 0 Å². The second-order valence-electron chi connectivity index (χ2n) is 9.45. The highest BCUT2D eigenvalue weighted by Crippen LogP contribution is 2.42. The van der Waals surface area contributed by atoms with E-state index in [1.807, 2.05) is 60.7 Å². The predicted molar refractivity (Wildman–Crippen MR) is 149 cm³/mol. The smallest absolute Gasteiger partial charge is 0.258 e. The zero-order chi connectivity index (χ0) is 26.4. The van der Waals surface area contributed by atoms with E-state index in [1.54, 1.807) is 18.2 Å². The summed E-state index contributed by atoms with van der Waals surface area (Å²) in [6, 6.07) is 25.6. The Hall–Kier alpha value is -3.96. The maximum Gasteiger partial charge on any atom is 0.258 e. The fraction of sp³-hybridized carbons (Fsp3) is 0.219. The van der Waals surface area contributed by atoms with Crippen LogP contribution in [-0.4, -0.2) is 21.7 Å². The van der Waals surface area contributed by atoms with E-state index in [9.17, 15) is 14.3 Å². The van der Waals surface area contributed by atoms with Gasteiger partial charge < -0.3 is 15.0 Å². The Bertz CT molecular complexity index is 1340. The Kier molecular flexibility index (Phi) is 8.36. The normalized spacial score (nSPS) is 11.9. The third-order valence-electron chi connectivity index (χ3n) is 6.41. The van der Waals surface area contributed by atoms with E-state index in [0.29, 0.717) is 30.6 Å². The number of anilines is 1. The number of carbonyl (C=O) groups is 1. The van der Waals surface area contributed by atoms with E-state index in [0.717, 1.165) is 28.1 Å². The van der Waals surface area contributed by atoms with E-state index >= 15 is 0 Å². The average Bonchev–Trinajstić information content (AvgIpc) is 3.25. The van der Waals surface area contributed by atoms with Crippen LogP contribution in [0.1, 0.15) is 48.7 Å². The number of amides is 1. The Morgan fingerprint density at radius 3 is 2.19 bits per heavy atom. The molecule has 0 aliphatic heterocycles. The van der Waals surface area contributed by atoms with Crippen LogP contribution in [0.3, 0.4) is 0 Å². The highest BCUT2D eigenvalue weighted by Gasteiger charge is 2.30. The van der Waals surface area contributed by atoms with Gasteiger partial charge in [0.25, 0.3) is 5.91 Å². The number of carbonyl (C=O) groups excluding carboxylic acids is 1. The van der Waals surface area contributed by atoms with Crippen molar-refractivity contribution in [2.75, 3.05) is 5.32 Å². The van der Waals surface area contributed by atoms with Crippen molar-refractivity contribution in [2.24, 2.45) is 0 Å². The van der Waals surface area contributed by atoms with E-state index in [1.165, 1.54) is 12.1 Å². The molecular weight excluding hydrogens is 463 g/mol. The summed E-state index contributed by atoms with van der Waals surface area (Å²) >= 11 is 0. The molecule has 2 N–H and O–H groups in total. The van der Waals surface area contributed by atoms with Crippen molar-refractivity contribution in [1.29, 1.82) is 0 Å². The van der Waals surface area contributed by atoms with Crippen LogP contribution in [-0.2, 0) is 6.54 Å². The van der Waals surface area contributed by atoms with E-state index in [4.69, 9.17) is 0 Å². The molecule has 0 aliphatic carbocycles. The summed E-state index contributed by atoms with van der Waals surface area (Å²) in [5.41, 5.74) is 5.49. The Morgan fingerprint density at radius 2 is 1.59 bits per heavy atom. The molecule has 5 heteroatoms. The average molecular weight is 497 g/mol. The molecule has 0 spiro atoms. The van der Waals surface area contributed by atoms with Crippen molar-refractivity contribution >= 4 is 11.6 Å². The van der Waals surface area contributed by atoms with E-state index < -0.39 is 6.10 Å². The zero-order valence-corrected chi connectivity index (χ0v) is 21.3. The lowest BCUT2D eigenvalue weighted by Gasteiger charge is -2.19. The first kappa shape index (κ1) is 26.1. The molecule has 0 fully saturated rings. The fourth-order valence-electron chi connectivity index (χ4n) is 4.80. The topological polar surface area (TPSA) is 54.3 Å². The molecular formula is C32H33FN2O2. The van der Waals surface area contributed by atoms with Gasteiger partial charge in [-0.05, 0) is 66.3 Å². The summed E-state index contributed by atoms with van der Waals surface area (Å²) in [5.74, 6) is -0.525. The van der Waals surface area contributed by atoms with Gasteiger partial charge in [-0.2, -0.15) is 0 Å². The molecule has 0 radical (unpaired) electrons. The standard InChI is InChI=1S/C32H33FN2O2/c1-4-11-27(36)20-21-35-30(22(2)3)29(32(37)34-26-14-9-6-10-15-26)28(23-12-7-5-8-13-23)31(35)24-16-18-25(33)19-17-24/h4-10,12-19,22,27,36H,1,11,20-21H2,2-3H3,(H,34,37). The predicted octanol–water partition coefficient (Wildman–Crippen LogP) is 7.66. The van der Waals surface area contributed by atoms with Crippen LogP contribution in [0.2, 0.25) is 0 Å². The van der Waals surface area contributed by atoms with Crippen molar-refractivity contribution in [3.8, 4) is 22.4 Å². The summed E-state index contributed by atoms with van der Waals surface area (Å²) < 4.78 is 16.1. The molecule has 0 saturated carbocycles. The first-order chi connectivity index (χ1) is 17.9. The minimum atomic E-state index is -0.553. The third kappa shape index (κ3) is 5.89.